The van der Waals surface area contributed by atoms with Crippen molar-refractivity contribution in [3.63, 3.8) is 0 Å². The highest BCUT2D eigenvalue weighted by molar-refractivity contribution is 6.32. The number of hydrogen-bond acceptors (Lipinski definition) is 2. The lowest BCUT2D eigenvalue weighted by molar-refractivity contribution is 0.612. The summed E-state index contributed by atoms with van der Waals surface area (Å²) in [4.78, 5) is 6.94. The van der Waals surface area contributed by atoms with Crippen molar-refractivity contribution < 1.29 is 0 Å². The lowest BCUT2D eigenvalue weighted by Crippen LogP contribution is -2.33. The average molecular weight is 273 g/mol. The van der Waals surface area contributed by atoms with E-state index in [-0.39, 0.29) is 0 Å². The zero-order chi connectivity index (χ0) is 12.3. The number of rotatable bonds is 4. The van der Waals surface area contributed by atoms with Crippen LogP contribution in [0.15, 0.2) is 12.1 Å². The molecule has 1 saturated carbocycles. The fourth-order valence-electron chi connectivity index (χ4n) is 2.55. The molecule has 1 aliphatic rings. The molecular formula is C13H18Cl2N2. The van der Waals surface area contributed by atoms with Gasteiger partial charge in [-0.15, -0.1) is 11.6 Å². The van der Waals surface area contributed by atoms with E-state index in [9.17, 15) is 0 Å². The van der Waals surface area contributed by atoms with Crippen molar-refractivity contribution in [1.82, 2.24) is 4.98 Å². The van der Waals surface area contributed by atoms with Crippen molar-refractivity contribution in [2.45, 2.75) is 44.5 Å². The summed E-state index contributed by atoms with van der Waals surface area (Å²) in [7, 11) is 0. The molecule has 0 spiro atoms. The Labute approximate surface area is 113 Å². The summed E-state index contributed by atoms with van der Waals surface area (Å²) in [5, 5.41) is 0.659. The summed E-state index contributed by atoms with van der Waals surface area (Å²) in [6, 6.07) is 4.54. The molecule has 0 unspecified atom stereocenters. The van der Waals surface area contributed by atoms with Crippen LogP contribution in [0.25, 0.3) is 0 Å². The van der Waals surface area contributed by atoms with Gasteiger partial charge in [-0.1, -0.05) is 24.4 Å². The lowest BCUT2D eigenvalue weighted by atomic mass is 10.2. The van der Waals surface area contributed by atoms with E-state index < -0.39 is 0 Å². The Balaban J connectivity index is 2.23. The van der Waals surface area contributed by atoms with Crippen LogP contribution in [0.1, 0.15) is 38.3 Å². The van der Waals surface area contributed by atoms with Crippen LogP contribution < -0.4 is 4.90 Å². The van der Waals surface area contributed by atoms with E-state index >= 15 is 0 Å². The highest BCUT2D eigenvalue weighted by atomic mass is 35.5. The summed E-state index contributed by atoms with van der Waals surface area (Å²) < 4.78 is 0. The molecule has 0 N–H and O–H groups in total. The summed E-state index contributed by atoms with van der Waals surface area (Å²) in [6.45, 7) is 3.16. The van der Waals surface area contributed by atoms with Crippen LogP contribution in [0, 0.1) is 0 Å². The van der Waals surface area contributed by atoms with Crippen LogP contribution in [-0.4, -0.2) is 17.6 Å². The quantitative estimate of drug-likeness (QED) is 0.763. The predicted molar refractivity (Wildman–Crippen MR) is 74.1 cm³/mol. The molecule has 1 aliphatic carbocycles. The minimum atomic E-state index is 0.370. The molecule has 0 radical (unpaired) electrons. The third kappa shape index (κ3) is 2.86. The summed E-state index contributed by atoms with van der Waals surface area (Å²) in [5.41, 5.74) is 0.780. The molecule has 0 saturated heterocycles. The molecule has 1 aromatic rings. The maximum atomic E-state index is 6.04. The van der Waals surface area contributed by atoms with Crippen LogP contribution in [0.4, 0.5) is 5.82 Å². The second-order valence-corrected chi connectivity index (χ2v) is 5.13. The number of anilines is 1. The van der Waals surface area contributed by atoms with Gasteiger partial charge in [0.15, 0.2) is 0 Å². The molecule has 1 fully saturated rings. The fraction of sp³-hybridized carbons (Fsp3) is 0.615. The van der Waals surface area contributed by atoms with Crippen LogP contribution in [-0.2, 0) is 5.88 Å². The van der Waals surface area contributed by atoms with E-state index in [1.807, 2.05) is 12.1 Å². The number of aromatic nitrogens is 1. The number of alkyl halides is 1. The number of hydrogen-bond donors (Lipinski definition) is 0. The van der Waals surface area contributed by atoms with Crippen molar-refractivity contribution in [2.75, 3.05) is 11.4 Å². The first-order valence-electron chi connectivity index (χ1n) is 6.24. The Bertz CT molecular complexity index is 376. The first-order valence-corrected chi connectivity index (χ1v) is 7.15. The highest BCUT2D eigenvalue weighted by Crippen LogP contribution is 2.28. The van der Waals surface area contributed by atoms with E-state index in [1.54, 1.807) is 0 Å². The van der Waals surface area contributed by atoms with Gasteiger partial charge in [0.25, 0.3) is 0 Å². The van der Waals surface area contributed by atoms with Gasteiger partial charge >= 0.3 is 0 Å². The van der Waals surface area contributed by atoms with Crippen molar-refractivity contribution in [3.8, 4) is 0 Å². The minimum Gasteiger partial charge on any atom is -0.354 e. The summed E-state index contributed by atoms with van der Waals surface area (Å²) >= 11 is 11.9. The number of pyridine rings is 1. The van der Waals surface area contributed by atoms with Gasteiger partial charge in [-0.3, -0.25) is 0 Å². The molecule has 4 heteroatoms. The Kier molecular flexibility index (Phi) is 4.52. The minimum absolute atomic E-state index is 0.370. The zero-order valence-corrected chi connectivity index (χ0v) is 11.6. The molecule has 17 heavy (non-hydrogen) atoms. The maximum absolute atomic E-state index is 6.04. The molecule has 1 aromatic heterocycles. The molecule has 0 amide bonds. The van der Waals surface area contributed by atoms with Crippen molar-refractivity contribution in [3.05, 3.63) is 22.8 Å². The van der Waals surface area contributed by atoms with Crippen LogP contribution in [0.5, 0.6) is 0 Å². The molecule has 2 rings (SSSR count). The lowest BCUT2D eigenvalue weighted by Gasteiger charge is -2.29. The second-order valence-electron chi connectivity index (χ2n) is 4.46. The Morgan fingerprint density at radius 3 is 2.65 bits per heavy atom. The average Bonchev–Trinajstić information content (AvgIpc) is 2.86. The predicted octanol–water partition coefficient (Wildman–Crippen LogP) is 4.24. The highest BCUT2D eigenvalue weighted by Gasteiger charge is 2.22. The number of halogens is 2. The van der Waals surface area contributed by atoms with E-state index in [0.717, 1.165) is 18.1 Å². The van der Waals surface area contributed by atoms with Gasteiger partial charge < -0.3 is 4.90 Å². The van der Waals surface area contributed by atoms with Crippen molar-refractivity contribution in [2.24, 2.45) is 0 Å². The van der Waals surface area contributed by atoms with Gasteiger partial charge in [0, 0.05) is 12.6 Å². The molecular weight excluding hydrogens is 255 g/mol. The topological polar surface area (TPSA) is 16.1 Å². The molecule has 2 nitrogen and oxygen atoms in total. The molecule has 94 valence electrons. The van der Waals surface area contributed by atoms with Crippen molar-refractivity contribution >= 4 is 29.0 Å². The molecule has 0 bridgehead atoms. The number of nitrogens with zero attached hydrogens (tertiary/aromatic N) is 2. The van der Waals surface area contributed by atoms with Gasteiger partial charge in [-0.2, -0.15) is 0 Å². The van der Waals surface area contributed by atoms with Crippen LogP contribution in [0.3, 0.4) is 0 Å². The normalized spacial score (nSPS) is 16.4. The Hall–Kier alpha value is -0.470. The smallest absolute Gasteiger partial charge is 0.129 e. The third-order valence-corrected chi connectivity index (χ3v) is 4.03. The van der Waals surface area contributed by atoms with Gasteiger partial charge in [0.05, 0.1) is 16.6 Å². The van der Waals surface area contributed by atoms with E-state index in [4.69, 9.17) is 23.2 Å². The zero-order valence-electron chi connectivity index (χ0n) is 10.1. The van der Waals surface area contributed by atoms with Gasteiger partial charge in [0.1, 0.15) is 5.82 Å². The molecule has 0 atom stereocenters. The first kappa shape index (κ1) is 13.0. The SMILES string of the molecule is CCN(c1ccc(Cl)c(CCl)n1)C1CCCC1. The third-order valence-electron chi connectivity index (χ3n) is 3.43. The maximum Gasteiger partial charge on any atom is 0.129 e. The first-order chi connectivity index (χ1) is 8.26. The Morgan fingerprint density at radius 1 is 1.35 bits per heavy atom. The van der Waals surface area contributed by atoms with E-state index in [1.165, 1.54) is 25.7 Å². The summed E-state index contributed by atoms with van der Waals surface area (Å²) in [6.07, 6.45) is 5.21. The fourth-order valence-corrected chi connectivity index (χ4v) is 2.99. The molecule has 0 aromatic carbocycles. The molecule has 0 aliphatic heterocycles. The van der Waals surface area contributed by atoms with E-state index in [2.05, 4.69) is 16.8 Å². The van der Waals surface area contributed by atoms with Gasteiger partial charge in [0.2, 0.25) is 0 Å². The molecule has 1 heterocycles. The van der Waals surface area contributed by atoms with Gasteiger partial charge in [-0.05, 0) is 31.9 Å². The largest absolute Gasteiger partial charge is 0.354 e. The van der Waals surface area contributed by atoms with Gasteiger partial charge in [-0.25, -0.2) is 4.98 Å². The van der Waals surface area contributed by atoms with Crippen molar-refractivity contribution in [1.29, 1.82) is 0 Å². The monoisotopic (exact) mass is 272 g/mol. The standard InChI is InChI=1S/C13H18Cl2N2/c1-2-17(10-5-3-4-6-10)13-8-7-11(15)12(9-14)16-13/h7-8,10H,2-6,9H2,1H3. The Morgan fingerprint density at radius 2 is 2.06 bits per heavy atom. The van der Waals surface area contributed by atoms with Crippen LogP contribution in [0.2, 0.25) is 5.02 Å². The van der Waals surface area contributed by atoms with E-state index in [0.29, 0.717) is 16.9 Å². The van der Waals surface area contributed by atoms with Crippen LogP contribution >= 0.6 is 23.2 Å². The second kappa shape index (κ2) is 5.92. The summed E-state index contributed by atoms with van der Waals surface area (Å²) in [5.74, 6) is 1.38.